The maximum atomic E-state index is 14.2. The van der Waals surface area contributed by atoms with Crippen LogP contribution in [0.2, 0.25) is 0 Å². The van der Waals surface area contributed by atoms with Gasteiger partial charge in [0.2, 0.25) is 11.8 Å². The molecule has 2 aliphatic rings. The van der Waals surface area contributed by atoms with Crippen LogP contribution in [0.3, 0.4) is 0 Å². The Balaban J connectivity index is 0.00000433. The molecule has 248 valence electrons. The number of pyridine rings is 1. The fourth-order valence-electron chi connectivity index (χ4n) is 6.56. The summed E-state index contributed by atoms with van der Waals surface area (Å²) in [5.74, 6) is 1.05. The van der Waals surface area contributed by atoms with Crippen molar-refractivity contribution in [2.24, 2.45) is 23.3 Å². The molecule has 5 N–H and O–H groups in total. The van der Waals surface area contributed by atoms with E-state index in [2.05, 4.69) is 55.7 Å². The molecule has 1 aliphatic carbocycles. The highest BCUT2D eigenvalue weighted by Gasteiger charge is 2.36. The second-order valence-electron chi connectivity index (χ2n) is 12.5. The molecule has 1 aliphatic heterocycles. The first-order valence-corrected chi connectivity index (χ1v) is 16.0. The van der Waals surface area contributed by atoms with E-state index in [9.17, 15) is 9.59 Å². The number of anilines is 2. The summed E-state index contributed by atoms with van der Waals surface area (Å²) in [6, 6.07) is 18.6. The molecule has 1 saturated carbocycles. The number of likely N-dealkylation sites (N-methyl/N-ethyl adjacent to an activating group) is 1. The number of carbonyl (C=O) groups is 2. The third-order valence-corrected chi connectivity index (χ3v) is 9.44. The second-order valence-corrected chi connectivity index (χ2v) is 12.5. The zero-order chi connectivity index (χ0) is 32.0. The van der Waals surface area contributed by atoms with Gasteiger partial charge in [-0.15, -0.1) is 17.5 Å². The van der Waals surface area contributed by atoms with Crippen molar-refractivity contribution in [1.82, 2.24) is 30.5 Å². The van der Waals surface area contributed by atoms with Gasteiger partial charge in [-0.2, -0.15) is 0 Å². The number of nitrogens with one attached hydrogen (secondary N) is 1. The van der Waals surface area contributed by atoms with Gasteiger partial charge >= 0.3 is 0 Å². The van der Waals surface area contributed by atoms with Crippen LogP contribution < -0.4 is 21.3 Å². The van der Waals surface area contributed by atoms with Gasteiger partial charge in [-0.05, 0) is 103 Å². The van der Waals surface area contributed by atoms with Crippen molar-refractivity contribution in [3.63, 3.8) is 0 Å². The fourth-order valence-corrected chi connectivity index (χ4v) is 6.56. The largest absolute Gasteiger partial charge is 0.368 e. The van der Waals surface area contributed by atoms with E-state index in [0.717, 1.165) is 79.9 Å². The molecule has 1 atom stereocenters. The molecule has 2 amide bonds. The van der Waals surface area contributed by atoms with Crippen molar-refractivity contribution in [1.29, 1.82) is 0 Å². The molecule has 4 aromatic rings. The van der Waals surface area contributed by atoms with Gasteiger partial charge in [0.15, 0.2) is 5.82 Å². The van der Waals surface area contributed by atoms with E-state index < -0.39 is 11.9 Å². The molecule has 1 saturated heterocycles. The molecule has 0 bridgehead atoms. The van der Waals surface area contributed by atoms with Gasteiger partial charge in [-0.3, -0.25) is 14.5 Å². The van der Waals surface area contributed by atoms with Crippen LogP contribution in [0.1, 0.15) is 31.2 Å². The Labute approximate surface area is 281 Å². The normalized spacial score (nSPS) is 19.1. The lowest BCUT2D eigenvalue weighted by atomic mass is 9.81. The lowest BCUT2D eigenvalue weighted by Crippen LogP contribution is -2.52. The Kier molecular flexibility index (Phi) is 11.2. The maximum Gasteiger partial charge on any atom is 0.240 e. The van der Waals surface area contributed by atoms with Gasteiger partial charge in [-0.25, -0.2) is 10.1 Å². The average molecular weight is 659 g/mol. The molecule has 2 aromatic carbocycles. The minimum Gasteiger partial charge on any atom is -0.368 e. The Morgan fingerprint density at radius 2 is 1.68 bits per heavy atom. The van der Waals surface area contributed by atoms with Crippen molar-refractivity contribution < 1.29 is 9.59 Å². The van der Waals surface area contributed by atoms with Gasteiger partial charge < -0.3 is 21.3 Å². The number of hydrogen-bond donors (Lipinski definition) is 3. The predicted octanol–water partition coefficient (Wildman–Crippen LogP) is 3.30. The first kappa shape index (κ1) is 34.0. The summed E-state index contributed by atoms with van der Waals surface area (Å²) in [5, 5.41) is 14.0. The number of halogens is 1. The lowest BCUT2D eigenvalue weighted by molar-refractivity contribution is -0.127. The molecule has 47 heavy (non-hydrogen) atoms. The fraction of sp³-hybridized carbons (Fsp3) is 0.412. The van der Waals surface area contributed by atoms with E-state index in [-0.39, 0.29) is 30.7 Å². The van der Waals surface area contributed by atoms with E-state index in [1.807, 2.05) is 48.7 Å². The number of aromatic nitrogens is 5. The van der Waals surface area contributed by atoms with Crippen LogP contribution in [0.15, 0.2) is 66.9 Å². The first-order valence-electron chi connectivity index (χ1n) is 16.0. The van der Waals surface area contributed by atoms with Crippen LogP contribution in [0, 0.1) is 11.8 Å². The van der Waals surface area contributed by atoms with E-state index >= 15 is 0 Å². The molecule has 0 unspecified atom stereocenters. The molecular weight excluding hydrogens is 616 g/mol. The summed E-state index contributed by atoms with van der Waals surface area (Å²) in [6.45, 7) is 4.57. The smallest absolute Gasteiger partial charge is 0.240 e. The monoisotopic (exact) mass is 658 g/mol. The summed E-state index contributed by atoms with van der Waals surface area (Å²) in [7, 11) is 2.14. The number of rotatable bonds is 10. The van der Waals surface area contributed by atoms with Crippen molar-refractivity contribution in [2.75, 3.05) is 49.6 Å². The highest BCUT2D eigenvalue weighted by atomic mass is 35.5. The summed E-state index contributed by atoms with van der Waals surface area (Å²) in [4.78, 5) is 38.4. The zero-order valence-electron chi connectivity index (χ0n) is 26.7. The second kappa shape index (κ2) is 15.5. The third-order valence-electron chi connectivity index (χ3n) is 9.44. The Bertz CT molecular complexity index is 1600. The Morgan fingerprint density at radius 1 is 0.957 bits per heavy atom. The van der Waals surface area contributed by atoms with Crippen molar-refractivity contribution in [3.8, 4) is 22.5 Å². The standard InChI is InChI=1S/C34H42N10O2.ClH/c1-42-15-17-43(18-16-42)31-14-11-28(22-37-31)27-4-2-3-24(19-27)20-30(32(36)45)44(34(46)26-7-5-23(21-35)6-8-26)29-12-9-25(10-13-29)33-38-40-41-39-33;/h2-4,9-14,19,22-23,26,30H,5-8,15-18,20-21,35H2,1H3,(H2,36,45)(H,38,39,40,41);1H/t23-,26-,30-;/m0./s1. The van der Waals surface area contributed by atoms with Gasteiger partial charge in [0.25, 0.3) is 0 Å². The number of aromatic amines is 1. The van der Waals surface area contributed by atoms with Gasteiger partial charge in [-0.1, -0.05) is 24.3 Å². The molecule has 0 radical (unpaired) electrons. The topological polar surface area (TPSA) is 163 Å². The number of carbonyl (C=O) groups excluding carboxylic acids is 2. The Hall–Kier alpha value is -4.39. The number of nitrogens with two attached hydrogens (primary N) is 2. The van der Waals surface area contributed by atoms with E-state index in [0.29, 0.717) is 24.0 Å². The number of benzene rings is 2. The number of nitrogens with zero attached hydrogens (tertiary/aromatic N) is 7. The zero-order valence-corrected chi connectivity index (χ0v) is 27.5. The van der Waals surface area contributed by atoms with Crippen molar-refractivity contribution in [2.45, 2.75) is 38.1 Å². The summed E-state index contributed by atoms with van der Waals surface area (Å²) >= 11 is 0. The van der Waals surface area contributed by atoms with Gasteiger partial charge in [0.05, 0.1) is 0 Å². The molecule has 3 heterocycles. The highest BCUT2D eigenvalue weighted by Crippen LogP contribution is 2.33. The molecule has 12 nitrogen and oxygen atoms in total. The van der Waals surface area contributed by atoms with E-state index in [1.165, 1.54) is 0 Å². The minimum absolute atomic E-state index is 0. The summed E-state index contributed by atoms with van der Waals surface area (Å²) < 4.78 is 0. The van der Waals surface area contributed by atoms with Crippen LogP contribution in [0.5, 0.6) is 0 Å². The molecule has 2 aromatic heterocycles. The average Bonchev–Trinajstić information content (AvgIpc) is 3.64. The summed E-state index contributed by atoms with van der Waals surface area (Å²) in [5.41, 5.74) is 16.2. The number of H-pyrrole nitrogens is 1. The first-order chi connectivity index (χ1) is 22.4. The van der Waals surface area contributed by atoms with E-state index in [1.54, 1.807) is 4.90 Å². The number of hydrogen-bond acceptors (Lipinski definition) is 9. The lowest BCUT2D eigenvalue weighted by Gasteiger charge is -2.35. The van der Waals surface area contributed by atoms with Crippen LogP contribution in [-0.2, 0) is 16.0 Å². The van der Waals surface area contributed by atoms with Crippen LogP contribution >= 0.6 is 12.4 Å². The van der Waals surface area contributed by atoms with Gasteiger partial charge in [0.1, 0.15) is 11.9 Å². The molecule has 0 spiro atoms. The van der Waals surface area contributed by atoms with Crippen LogP contribution in [-0.4, -0.2) is 88.1 Å². The SMILES string of the molecule is CN1CCN(c2ccc(-c3cccc(C[C@@H](C(N)=O)N(c4ccc(-c5nnn[nH]5)cc4)C(=O)[C@H]4CC[C@H](CN)CC4)c3)cn2)CC1.Cl. The molecule has 6 rings (SSSR count). The van der Waals surface area contributed by atoms with E-state index in [4.69, 9.17) is 16.5 Å². The quantitative estimate of drug-likeness (QED) is 0.232. The minimum atomic E-state index is -0.884. The number of tetrazole rings is 1. The summed E-state index contributed by atoms with van der Waals surface area (Å²) in [6.07, 6.45) is 5.42. The number of primary amides is 1. The Morgan fingerprint density at radius 3 is 2.30 bits per heavy atom. The predicted molar refractivity (Wildman–Crippen MR) is 185 cm³/mol. The maximum absolute atomic E-state index is 14.2. The van der Waals surface area contributed by atoms with Crippen LogP contribution in [0.4, 0.5) is 11.5 Å². The molecule has 13 heteroatoms. The number of piperazine rings is 1. The van der Waals surface area contributed by atoms with Crippen LogP contribution in [0.25, 0.3) is 22.5 Å². The third kappa shape index (κ3) is 7.95. The molecular formula is C34H43ClN10O2. The van der Waals surface area contributed by atoms with Crippen molar-refractivity contribution in [3.05, 3.63) is 72.4 Å². The van der Waals surface area contributed by atoms with Crippen molar-refractivity contribution >= 4 is 35.7 Å². The number of amides is 2. The molecule has 2 fully saturated rings. The van der Waals surface area contributed by atoms with Gasteiger partial charge in [0, 0.05) is 61.5 Å². The highest BCUT2D eigenvalue weighted by molar-refractivity contribution is 6.01.